The van der Waals surface area contributed by atoms with Gasteiger partial charge in [0.25, 0.3) is 0 Å². The summed E-state index contributed by atoms with van der Waals surface area (Å²) in [5.41, 5.74) is 2.07. The second kappa shape index (κ2) is 12.4. The van der Waals surface area contributed by atoms with Crippen LogP contribution in [0.2, 0.25) is 0 Å². The zero-order valence-electron chi connectivity index (χ0n) is 19.5. The van der Waals surface area contributed by atoms with Crippen LogP contribution < -0.4 is 5.32 Å². The maximum absolute atomic E-state index is 13.0. The Hall–Kier alpha value is -3.10. The molecule has 1 amide bonds. The first-order chi connectivity index (χ1) is 16.7. The van der Waals surface area contributed by atoms with Gasteiger partial charge in [0.05, 0.1) is 0 Å². The third-order valence-corrected chi connectivity index (χ3v) is 6.05. The SMILES string of the molecule is O=C(CCCc1nc(-c2ccc(F)cc2)no1)NCCCN1CCN(Cc2ccccc2)CC1. The molecule has 0 bridgehead atoms. The first-order valence-corrected chi connectivity index (χ1v) is 12.0. The molecule has 1 aliphatic heterocycles. The highest BCUT2D eigenvalue weighted by molar-refractivity contribution is 5.75. The van der Waals surface area contributed by atoms with Crippen LogP contribution in [0.3, 0.4) is 0 Å². The second-order valence-electron chi connectivity index (χ2n) is 8.68. The fourth-order valence-corrected chi connectivity index (χ4v) is 4.10. The lowest BCUT2D eigenvalue weighted by Crippen LogP contribution is -2.46. The van der Waals surface area contributed by atoms with Crippen LogP contribution in [0.1, 0.15) is 30.7 Å². The maximum Gasteiger partial charge on any atom is 0.226 e. The normalized spacial score (nSPS) is 14.9. The molecule has 34 heavy (non-hydrogen) atoms. The number of amides is 1. The van der Waals surface area contributed by atoms with Gasteiger partial charge in [-0.1, -0.05) is 35.5 Å². The minimum absolute atomic E-state index is 0.0472. The van der Waals surface area contributed by atoms with Crippen LogP contribution in [-0.2, 0) is 17.8 Å². The van der Waals surface area contributed by atoms with Gasteiger partial charge >= 0.3 is 0 Å². The molecule has 3 aromatic rings. The number of piperazine rings is 1. The van der Waals surface area contributed by atoms with E-state index in [9.17, 15) is 9.18 Å². The van der Waals surface area contributed by atoms with Gasteiger partial charge in [-0.25, -0.2) is 4.39 Å². The molecule has 180 valence electrons. The van der Waals surface area contributed by atoms with E-state index in [4.69, 9.17) is 4.52 Å². The molecule has 1 fully saturated rings. The van der Waals surface area contributed by atoms with E-state index in [1.807, 2.05) is 0 Å². The molecule has 1 aromatic heterocycles. The summed E-state index contributed by atoms with van der Waals surface area (Å²) in [7, 11) is 0. The van der Waals surface area contributed by atoms with Crippen LogP contribution >= 0.6 is 0 Å². The molecule has 8 heteroatoms. The number of carbonyl (C=O) groups is 1. The predicted molar refractivity (Wildman–Crippen MR) is 128 cm³/mol. The van der Waals surface area contributed by atoms with Gasteiger partial charge in [0, 0.05) is 57.7 Å². The van der Waals surface area contributed by atoms with E-state index in [1.165, 1.54) is 17.7 Å². The Kier molecular flexibility index (Phi) is 8.76. The molecule has 0 atom stereocenters. The number of hydrogen-bond donors (Lipinski definition) is 1. The molecule has 1 N–H and O–H groups in total. The molecule has 0 radical (unpaired) electrons. The summed E-state index contributed by atoms with van der Waals surface area (Å²) < 4.78 is 18.3. The minimum Gasteiger partial charge on any atom is -0.356 e. The van der Waals surface area contributed by atoms with Gasteiger partial charge in [-0.2, -0.15) is 4.98 Å². The van der Waals surface area contributed by atoms with Gasteiger partial charge in [0.1, 0.15) is 5.82 Å². The molecule has 2 aromatic carbocycles. The number of nitrogens with one attached hydrogen (secondary N) is 1. The number of aromatic nitrogens is 2. The van der Waals surface area contributed by atoms with Crippen LogP contribution in [0.5, 0.6) is 0 Å². The highest BCUT2D eigenvalue weighted by atomic mass is 19.1. The largest absolute Gasteiger partial charge is 0.356 e. The summed E-state index contributed by atoms with van der Waals surface area (Å²) >= 11 is 0. The topological polar surface area (TPSA) is 74.5 Å². The minimum atomic E-state index is -0.306. The quantitative estimate of drug-likeness (QED) is 0.437. The maximum atomic E-state index is 13.0. The number of nitrogens with zero attached hydrogens (tertiary/aromatic N) is 4. The fraction of sp³-hybridized carbons (Fsp3) is 0.423. The number of rotatable bonds is 11. The van der Waals surface area contributed by atoms with Crippen molar-refractivity contribution in [2.45, 2.75) is 32.2 Å². The highest BCUT2D eigenvalue weighted by Crippen LogP contribution is 2.17. The third kappa shape index (κ3) is 7.46. The second-order valence-corrected chi connectivity index (χ2v) is 8.68. The monoisotopic (exact) mass is 465 g/mol. The molecule has 2 heterocycles. The number of aryl methyl sites for hydroxylation is 1. The van der Waals surface area contributed by atoms with Crippen molar-refractivity contribution in [2.24, 2.45) is 0 Å². The van der Waals surface area contributed by atoms with Crippen molar-refractivity contribution < 1.29 is 13.7 Å². The first-order valence-electron chi connectivity index (χ1n) is 12.0. The van der Waals surface area contributed by atoms with E-state index in [0.717, 1.165) is 45.7 Å². The van der Waals surface area contributed by atoms with Crippen molar-refractivity contribution in [3.05, 3.63) is 71.9 Å². The molecule has 0 aliphatic carbocycles. The molecule has 0 unspecified atom stereocenters. The summed E-state index contributed by atoms with van der Waals surface area (Å²) in [5, 5.41) is 6.94. The fourth-order valence-electron chi connectivity index (χ4n) is 4.10. The summed E-state index contributed by atoms with van der Waals surface area (Å²) in [6.45, 7) is 7.03. The predicted octanol–water partition coefficient (Wildman–Crippen LogP) is 3.52. The average molecular weight is 466 g/mol. The van der Waals surface area contributed by atoms with Gasteiger partial charge in [-0.3, -0.25) is 9.69 Å². The van der Waals surface area contributed by atoms with Crippen molar-refractivity contribution in [3.63, 3.8) is 0 Å². The molecular formula is C26H32FN5O2. The molecule has 7 nitrogen and oxygen atoms in total. The Labute approximate surface area is 200 Å². The number of hydrogen-bond acceptors (Lipinski definition) is 6. The van der Waals surface area contributed by atoms with Crippen molar-refractivity contribution in [3.8, 4) is 11.4 Å². The lowest BCUT2D eigenvalue weighted by atomic mass is 10.2. The highest BCUT2D eigenvalue weighted by Gasteiger charge is 2.16. The van der Waals surface area contributed by atoms with Crippen LogP contribution in [0.4, 0.5) is 4.39 Å². The Morgan fingerprint density at radius 2 is 1.71 bits per heavy atom. The molecular weight excluding hydrogens is 433 g/mol. The zero-order valence-corrected chi connectivity index (χ0v) is 19.5. The Bertz CT molecular complexity index is 1020. The smallest absolute Gasteiger partial charge is 0.226 e. The van der Waals surface area contributed by atoms with Crippen LogP contribution in [0.15, 0.2) is 59.1 Å². The van der Waals surface area contributed by atoms with E-state index < -0.39 is 0 Å². The van der Waals surface area contributed by atoms with Crippen LogP contribution in [-0.4, -0.2) is 65.1 Å². The first kappa shape index (κ1) is 24.0. The molecule has 1 aliphatic rings. The van der Waals surface area contributed by atoms with E-state index >= 15 is 0 Å². The number of halogens is 1. The molecule has 0 saturated carbocycles. The summed E-state index contributed by atoms with van der Waals surface area (Å²) in [4.78, 5) is 21.4. The Morgan fingerprint density at radius 1 is 0.971 bits per heavy atom. The van der Waals surface area contributed by atoms with Crippen molar-refractivity contribution in [1.29, 1.82) is 0 Å². The van der Waals surface area contributed by atoms with Crippen molar-refractivity contribution >= 4 is 5.91 Å². The standard InChI is InChI=1S/C26H32FN5O2/c27-23-12-10-22(11-13-23)26-29-25(34-30-26)9-4-8-24(33)28-14-5-15-31-16-18-32(19-17-31)20-21-6-2-1-3-7-21/h1-3,6-7,10-13H,4-5,8-9,14-20H2,(H,28,33). The van der Waals surface area contributed by atoms with Crippen LogP contribution in [0, 0.1) is 5.82 Å². The lowest BCUT2D eigenvalue weighted by molar-refractivity contribution is -0.121. The summed E-state index contributed by atoms with van der Waals surface area (Å²) in [6.07, 6.45) is 2.55. The van der Waals surface area contributed by atoms with Gasteiger partial charge < -0.3 is 14.7 Å². The zero-order chi connectivity index (χ0) is 23.6. The molecule has 1 saturated heterocycles. The van der Waals surface area contributed by atoms with E-state index in [2.05, 4.69) is 55.6 Å². The third-order valence-electron chi connectivity index (χ3n) is 6.05. The van der Waals surface area contributed by atoms with Crippen LogP contribution in [0.25, 0.3) is 11.4 Å². The van der Waals surface area contributed by atoms with Gasteiger partial charge in [0.2, 0.25) is 17.6 Å². The lowest BCUT2D eigenvalue weighted by Gasteiger charge is -2.34. The summed E-state index contributed by atoms with van der Waals surface area (Å²) in [5.74, 6) is 0.657. The van der Waals surface area contributed by atoms with E-state index in [0.29, 0.717) is 43.1 Å². The number of carbonyl (C=O) groups excluding carboxylic acids is 1. The van der Waals surface area contributed by atoms with Gasteiger partial charge in [-0.05, 0) is 49.2 Å². The molecule has 4 rings (SSSR count). The Morgan fingerprint density at radius 3 is 2.47 bits per heavy atom. The molecule has 0 spiro atoms. The number of benzene rings is 2. The van der Waals surface area contributed by atoms with E-state index in [-0.39, 0.29) is 11.7 Å². The van der Waals surface area contributed by atoms with Gasteiger partial charge in [0.15, 0.2) is 0 Å². The van der Waals surface area contributed by atoms with Crippen molar-refractivity contribution in [1.82, 2.24) is 25.3 Å². The Balaban J connectivity index is 1.05. The van der Waals surface area contributed by atoms with Crippen molar-refractivity contribution in [2.75, 3.05) is 39.3 Å². The van der Waals surface area contributed by atoms with Gasteiger partial charge in [-0.15, -0.1) is 0 Å². The summed E-state index contributed by atoms with van der Waals surface area (Å²) in [6, 6.07) is 16.6. The average Bonchev–Trinajstić information content (AvgIpc) is 3.33. The van der Waals surface area contributed by atoms with E-state index in [1.54, 1.807) is 12.1 Å².